The summed E-state index contributed by atoms with van der Waals surface area (Å²) in [7, 11) is 3.23. The normalized spacial score (nSPS) is 11.3. The van der Waals surface area contributed by atoms with Gasteiger partial charge in [0.1, 0.15) is 6.61 Å². The molecule has 0 spiro atoms. The van der Waals surface area contributed by atoms with Crippen molar-refractivity contribution in [3.05, 3.63) is 11.8 Å². The molecular formula is C15H28N4O4. The fourth-order valence-electron chi connectivity index (χ4n) is 1.17. The number of ether oxygens (including phenoxy) is 1. The average molecular weight is 328 g/mol. The van der Waals surface area contributed by atoms with Gasteiger partial charge in [0.25, 0.3) is 0 Å². The Morgan fingerprint density at radius 1 is 1.48 bits per heavy atom. The monoisotopic (exact) mass is 328 g/mol. The van der Waals surface area contributed by atoms with Crippen molar-refractivity contribution < 1.29 is 19.4 Å². The lowest BCUT2D eigenvalue weighted by molar-refractivity contribution is -0.125. The van der Waals surface area contributed by atoms with Gasteiger partial charge >= 0.3 is 0 Å². The minimum absolute atomic E-state index is 0.112. The molecule has 0 aromatic carbocycles. The number of hydrogen-bond acceptors (Lipinski definition) is 6. The summed E-state index contributed by atoms with van der Waals surface area (Å²) in [4.78, 5) is 23.2. The van der Waals surface area contributed by atoms with E-state index in [1.165, 1.54) is 11.1 Å². The van der Waals surface area contributed by atoms with Gasteiger partial charge in [-0.25, -0.2) is 0 Å². The summed E-state index contributed by atoms with van der Waals surface area (Å²) in [6.45, 7) is 3.98. The maximum atomic E-state index is 11.3. The number of nitrogens with two attached hydrogens (primary N) is 1. The Bertz CT molecular complexity index is 415. The van der Waals surface area contributed by atoms with Crippen LogP contribution >= 0.6 is 0 Å². The molecule has 0 fully saturated rings. The van der Waals surface area contributed by atoms with Crippen molar-refractivity contribution in [1.29, 1.82) is 0 Å². The molecular weight excluding hydrogens is 300 g/mol. The highest BCUT2D eigenvalue weighted by Gasteiger charge is 2.05. The SMILES string of the molecule is CC.CNC(N)/C(C#CCNC(=O)COCCO)=C\N(C)C=O. The van der Waals surface area contributed by atoms with Gasteiger partial charge in [0.15, 0.2) is 0 Å². The fourth-order valence-corrected chi connectivity index (χ4v) is 1.17. The van der Waals surface area contributed by atoms with Crippen LogP contribution in [0, 0.1) is 11.8 Å². The summed E-state index contributed by atoms with van der Waals surface area (Å²) in [5.41, 5.74) is 6.30. The number of nitrogens with zero attached hydrogens (tertiary/aromatic N) is 1. The summed E-state index contributed by atoms with van der Waals surface area (Å²) in [5.74, 6) is 5.19. The molecule has 0 aromatic rings. The van der Waals surface area contributed by atoms with Gasteiger partial charge in [0.05, 0.1) is 25.9 Å². The molecule has 0 aliphatic rings. The van der Waals surface area contributed by atoms with Crippen LogP contribution in [0.2, 0.25) is 0 Å². The zero-order valence-electron chi connectivity index (χ0n) is 14.3. The molecule has 0 rings (SSSR count). The molecule has 5 N–H and O–H groups in total. The number of nitrogens with one attached hydrogen (secondary N) is 2. The van der Waals surface area contributed by atoms with E-state index in [1.807, 2.05) is 13.8 Å². The van der Waals surface area contributed by atoms with Crippen molar-refractivity contribution >= 4 is 12.3 Å². The first-order chi connectivity index (χ1) is 11.0. The molecule has 0 saturated carbocycles. The number of carbonyl (C=O) groups is 2. The molecule has 1 atom stereocenters. The minimum Gasteiger partial charge on any atom is -0.394 e. The van der Waals surface area contributed by atoms with E-state index in [-0.39, 0.29) is 32.3 Å². The van der Waals surface area contributed by atoms with Crippen molar-refractivity contribution in [3.63, 3.8) is 0 Å². The summed E-state index contributed by atoms with van der Waals surface area (Å²) >= 11 is 0. The van der Waals surface area contributed by atoms with Crippen LogP contribution in [0.4, 0.5) is 0 Å². The Balaban J connectivity index is 0. The zero-order chi connectivity index (χ0) is 18.1. The van der Waals surface area contributed by atoms with E-state index >= 15 is 0 Å². The lowest BCUT2D eigenvalue weighted by Gasteiger charge is -2.12. The molecule has 23 heavy (non-hydrogen) atoms. The number of aliphatic hydroxyl groups excluding tert-OH is 1. The van der Waals surface area contributed by atoms with Crippen molar-refractivity contribution in [2.75, 3.05) is 40.5 Å². The quantitative estimate of drug-likeness (QED) is 0.179. The Morgan fingerprint density at radius 2 is 2.13 bits per heavy atom. The third kappa shape index (κ3) is 13.5. The molecule has 2 amide bonds. The maximum Gasteiger partial charge on any atom is 0.246 e. The Morgan fingerprint density at radius 3 is 2.65 bits per heavy atom. The van der Waals surface area contributed by atoms with Gasteiger partial charge in [-0.2, -0.15) is 0 Å². The first kappa shape index (κ1) is 23.3. The van der Waals surface area contributed by atoms with Crippen LogP contribution in [-0.2, 0) is 14.3 Å². The number of carbonyl (C=O) groups excluding carboxylic acids is 2. The number of hydrogen-bond donors (Lipinski definition) is 4. The van der Waals surface area contributed by atoms with Crippen LogP contribution in [0.25, 0.3) is 0 Å². The molecule has 0 radical (unpaired) electrons. The highest BCUT2D eigenvalue weighted by molar-refractivity contribution is 5.77. The van der Waals surface area contributed by atoms with Crippen LogP contribution < -0.4 is 16.4 Å². The second kappa shape index (κ2) is 16.5. The first-order valence-electron chi connectivity index (χ1n) is 7.31. The van der Waals surface area contributed by atoms with Crippen LogP contribution in [0.1, 0.15) is 13.8 Å². The molecule has 0 bridgehead atoms. The third-order valence-electron chi connectivity index (χ3n) is 2.23. The molecule has 8 nitrogen and oxygen atoms in total. The molecule has 0 heterocycles. The Labute approximate surface area is 138 Å². The van der Waals surface area contributed by atoms with Crippen molar-refractivity contribution in [3.8, 4) is 11.8 Å². The van der Waals surface area contributed by atoms with Gasteiger partial charge in [0, 0.05) is 18.8 Å². The van der Waals surface area contributed by atoms with E-state index in [9.17, 15) is 9.59 Å². The van der Waals surface area contributed by atoms with E-state index in [0.29, 0.717) is 12.0 Å². The molecule has 132 valence electrons. The topological polar surface area (TPSA) is 117 Å². The second-order valence-electron chi connectivity index (χ2n) is 3.98. The Kier molecular flexibility index (Phi) is 16.7. The maximum absolute atomic E-state index is 11.3. The molecule has 8 heteroatoms. The lowest BCUT2D eigenvalue weighted by Crippen LogP contribution is -2.36. The predicted molar refractivity (Wildman–Crippen MR) is 89.0 cm³/mol. The van der Waals surface area contributed by atoms with E-state index < -0.39 is 6.17 Å². The molecule has 0 saturated heterocycles. The van der Waals surface area contributed by atoms with Crippen LogP contribution in [0.15, 0.2) is 11.8 Å². The van der Waals surface area contributed by atoms with Crippen LogP contribution in [0.5, 0.6) is 0 Å². The van der Waals surface area contributed by atoms with Crippen molar-refractivity contribution in [2.45, 2.75) is 20.0 Å². The molecule has 0 aromatic heterocycles. The van der Waals surface area contributed by atoms with Crippen molar-refractivity contribution in [2.24, 2.45) is 5.73 Å². The Hall–Kier alpha value is -1.92. The number of aliphatic hydroxyl groups is 1. The fraction of sp³-hybridized carbons (Fsp3) is 0.600. The zero-order valence-corrected chi connectivity index (χ0v) is 14.3. The number of rotatable bonds is 9. The third-order valence-corrected chi connectivity index (χ3v) is 2.23. The van der Waals surface area contributed by atoms with Gasteiger partial charge < -0.3 is 31.1 Å². The summed E-state index contributed by atoms with van der Waals surface area (Å²) in [6, 6.07) is 0. The first-order valence-corrected chi connectivity index (χ1v) is 7.31. The average Bonchev–Trinajstić information content (AvgIpc) is 2.58. The summed E-state index contributed by atoms with van der Waals surface area (Å²) < 4.78 is 4.85. The van der Waals surface area contributed by atoms with E-state index in [1.54, 1.807) is 14.1 Å². The lowest BCUT2D eigenvalue weighted by atomic mass is 10.2. The predicted octanol–water partition coefficient (Wildman–Crippen LogP) is -1.38. The molecule has 0 aliphatic carbocycles. The second-order valence-corrected chi connectivity index (χ2v) is 3.98. The molecule has 0 aliphatic heterocycles. The van der Waals surface area contributed by atoms with Gasteiger partial charge in [-0.1, -0.05) is 25.7 Å². The van der Waals surface area contributed by atoms with E-state index in [4.69, 9.17) is 15.6 Å². The standard InChI is InChI=1S/C13H22N4O4.C2H6/c1-15-13(14)11(8-17(2)10-19)4-3-5-16-12(20)9-21-7-6-18;1-2/h8,10,13,15,18H,5-7,9,14H2,1-2H3,(H,16,20);1-2H3/b11-8-;. The van der Waals surface area contributed by atoms with E-state index in [2.05, 4.69) is 22.5 Å². The van der Waals surface area contributed by atoms with Crippen LogP contribution in [0.3, 0.4) is 0 Å². The van der Waals surface area contributed by atoms with Gasteiger partial charge in [-0.3, -0.25) is 9.59 Å². The highest BCUT2D eigenvalue weighted by Crippen LogP contribution is 1.96. The number of amides is 2. The molecule has 1 unspecified atom stereocenters. The smallest absolute Gasteiger partial charge is 0.246 e. The van der Waals surface area contributed by atoms with E-state index in [0.717, 1.165) is 0 Å². The van der Waals surface area contributed by atoms with Crippen LogP contribution in [-0.4, -0.2) is 69.0 Å². The minimum atomic E-state index is -0.511. The highest BCUT2D eigenvalue weighted by atomic mass is 16.5. The van der Waals surface area contributed by atoms with Gasteiger partial charge in [0.2, 0.25) is 12.3 Å². The largest absolute Gasteiger partial charge is 0.394 e. The number of likely N-dealkylation sites (N-methyl/N-ethyl adjacent to an activating group) is 1. The van der Waals surface area contributed by atoms with Gasteiger partial charge in [-0.15, -0.1) is 0 Å². The summed E-state index contributed by atoms with van der Waals surface area (Å²) in [5, 5.41) is 13.8. The van der Waals surface area contributed by atoms with Gasteiger partial charge in [-0.05, 0) is 7.05 Å². The van der Waals surface area contributed by atoms with Crippen molar-refractivity contribution in [1.82, 2.24) is 15.5 Å². The summed E-state index contributed by atoms with van der Waals surface area (Å²) in [6.07, 6.45) is 1.63.